The van der Waals surface area contributed by atoms with Crippen LogP contribution in [0.25, 0.3) is 0 Å². The lowest BCUT2D eigenvalue weighted by Gasteiger charge is -1.89. The Balaban J connectivity index is 2.92. The molecule has 0 saturated heterocycles. The van der Waals surface area contributed by atoms with Crippen LogP contribution in [0.2, 0.25) is 0 Å². The number of hydrogen-bond donors (Lipinski definition) is 1. The third-order valence-electron chi connectivity index (χ3n) is 0.880. The molecule has 0 aliphatic heterocycles. The highest BCUT2D eigenvalue weighted by Gasteiger charge is 1.98. The van der Waals surface area contributed by atoms with Gasteiger partial charge in [0.1, 0.15) is 0 Å². The van der Waals surface area contributed by atoms with Crippen LogP contribution < -0.4 is 4.74 Å². The fourth-order valence-electron chi connectivity index (χ4n) is 0.487. The summed E-state index contributed by atoms with van der Waals surface area (Å²) < 4.78 is 16.8. The number of halogens is 1. The van der Waals surface area contributed by atoms with Crippen molar-refractivity contribution in [2.24, 2.45) is 0 Å². The molecule has 1 N–H and O–H groups in total. The van der Waals surface area contributed by atoms with Gasteiger partial charge in [0.15, 0.2) is 11.6 Å². The second-order valence-electron chi connectivity index (χ2n) is 1.37. The second kappa shape index (κ2) is 1.86. The molecule has 0 unspecified atom stereocenters. The number of aromatic amines is 1. The third-order valence-corrected chi connectivity index (χ3v) is 0.880. The Bertz CT molecular complexity index is 173. The van der Waals surface area contributed by atoms with E-state index in [1.165, 1.54) is 19.5 Å². The van der Waals surface area contributed by atoms with Crippen molar-refractivity contribution in [3.8, 4) is 5.75 Å². The summed E-state index contributed by atoms with van der Waals surface area (Å²) in [6.07, 6.45) is 2.69. The average molecular weight is 115 g/mol. The fraction of sp³-hybridized carbons (Fsp3) is 0.200. The van der Waals surface area contributed by atoms with E-state index in [1.807, 2.05) is 0 Å². The molecule has 1 heterocycles. The van der Waals surface area contributed by atoms with Gasteiger partial charge in [-0.3, -0.25) is 0 Å². The van der Waals surface area contributed by atoms with Crippen molar-refractivity contribution in [3.63, 3.8) is 0 Å². The van der Waals surface area contributed by atoms with Crippen LogP contribution in [0, 0.1) is 5.82 Å². The average Bonchev–Trinajstić information content (AvgIpc) is 2.14. The van der Waals surface area contributed by atoms with Gasteiger partial charge in [0.2, 0.25) is 0 Å². The van der Waals surface area contributed by atoms with Gasteiger partial charge in [-0.15, -0.1) is 0 Å². The van der Waals surface area contributed by atoms with Crippen molar-refractivity contribution >= 4 is 0 Å². The van der Waals surface area contributed by atoms with Crippen LogP contribution in [0.5, 0.6) is 5.75 Å². The lowest BCUT2D eigenvalue weighted by Crippen LogP contribution is -1.80. The molecule has 0 spiro atoms. The van der Waals surface area contributed by atoms with E-state index in [2.05, 4.69) is 9.72 Å². The summed E-state index contributed by atoms with van der Waals surface area (Å²) in [5.41, 5.74) is 0. The maximum Gasteiger partial charge on any atom is 0.182 e. The number of hydrogen-bond acceptors (Lipinski definition) is 1. The maximum atomic E-state index is 12.2. The Labute approximate surface area is 46.3 Å². The molecule has 0 aliphatic carbocycles. The van der Waals surface area contributed by atoms with Crippen molar-refractivity contribution < 1.29 is 9.13 Å². The van der Waals surface area contributed by atoms with Crippen molar-refractivity contribution in [2.45, 2.75) is 0 Å². The first-order valence-corrected chi connectivity index (χ1v) is 2.21. The topological polar surface area (TPSA) is 25.0 Å². The Morgan fingerprint density at radius 2 is 2.38 bits per heavy atom. The molecule has 8 heavy (non-hydrogen) atoms. The summed E-state index contributed by atoms with van der Waals surface area (Å²) in [7, 11) is 1.42. The molecule has 0 bridgehead atoms. The van der Waals surface area contributed by atoms with Crippen LogP contribution in [0.1, 0.15) is 0 Å². The first kappa shape index (κ1) is 5.15. The normalized spacial score (nSPS) is 9.25. The van der Waals surface area contributed by atoms with E-state index in [1.54, 1.807) is 0 Å². The smallest absolute Gasteiger partial charge is 0.182 e. The SMILES string of the molecule is COc1c[nH]cc1F. The fourth-order valence-corrected chi connectivity index (χ4v) is 0.487. The summed E-state index contributed by atoms with van der Waals surface area (Å²) in [6, 6.07) is 0. The van der Waals surface area contributed by atoms with E-state index in [9.17, 15) is 4.39 Å². The van der Waals surface area contributed by atoms with Crippen LogP contribution >= 0.6 is 0 Å². The van der Waals surface area contributed by atoms with Crippen LogP contribution in [0.15, 0.2) is 12.4 Å². The van der Waals surface area contributed by atoms with E-state index in [-0.39, 0.29) is 11.6 Å². The van der Waals surface area contributed by atoms with E-state index in [4.69, 9.17) is 0 Å². The lowest BCUT2D eigenvalue weighted by atomic mass is 10.6. The van der Waals surface area contributed by atoms with E-state index in [0.29, 0.717) is 0 Å². The van der Waals surface area contributed by atoms with E-state index in [0.717, 1.165) is 0 Å². The zero-order valence-electron chi connectivity index (χ0n) is 4.44. The predicted molar refractivity (Wildman–Crippen MR) is 27.3 cm³/mol. The molecule has 1 rings (SSSR count). The Morgan fingerprint density at radius 1 is 1.62 bits per heavy atom. The molecule has 0 aromatic carbocycles. The summed E-state index contributed by atoms with van der Waals surface area (Å²) >= 11 is 0. The third kappa shape index (κ3) is 0.665. The van der Waals surface area contributed by atoms with Gasteiger partial charge in [-0.05, 0) is 0 Å². The van der Waals surface area contributed by atoms with Crippen LogP contribution in [0.3, 0.4) is 0 Å². The second-order valence-corrected chi connectivity index (χ2v) is 1.37. The highest BCUT2D eigenvalue weighted by atomic mass is 19.1. The van der Waals surface area contributed by atoms with Gasteiger partial charge in [-0.25, -0.2) is 4.39 Å². The van der Waals surface area contributed by atoms with Crippen molar-refractivity contribution in [2.75, 3.05) is 7.11 Å². The van der Waals surface area contributed by atoms with Gasteiger partial charge in [0.25, 0.3) is 0 Å². The number of methoxy groups -OCH3 is 1. The molecule has 0 amide bonds. The summed E-state index contributed by atoms with van der Waals surface area (Å²) in [4.78, 5) is 2.55. The van der Waals surface area contributed by atoms with Crippen molar-refractivity contribution in [1.29, 1.82) is 0 Å². The summed E-state index contributed by atoms with van der Waals surface area (Å²) in [6.45, 7) is 0. The first-order valence-electron chi connectivity index (χ1n) is 2.21. The van der Waals surface area contributed by atoms with E-state index >= 15 is 0 Å². The number of ether oxygens (including phenoxy) is 1. The number of aromatic nitrogens is 1. The van der Waals surface area contributed by atoms with Crippen LogP contribution in [0.4, 0.5) is 4.39 Å². The molecule has 2 nitrogen and oxygen atoms in total. The van der Waals surface area contributed by atoms with Gasteiger partial charge in [0.05, 0.1) is 7.11 Å². The zero-order valence-corrected chi connectivity index (χ0v) is 4.44. The molecule has 3 heteroatoms. The minimum absolute atomic E-state index is 0.255. The quantitative estimate of drug-likeness (QED) is 0.583. The number of nitrogens with one attached hydrogen (secondary N) is 1. The molecular weight excluding hydrogens is 109 g/mol. The number of rotatable bonds is 1. The summed E-state index contributed by atoms with van der Waals surface area (Å²) in [5, 5.41) is 0. The Kier molecular flexibility index (Phi) is 1.20. The van der Waals surface area contributed by atoms with Gasteiger partial charge < -0.3 is 9.72 Å². The lowest BCUT2D eigenvalue weighted by molar-refractivity contribution is 0.389. The molecule has 0 atom stereocenters. The highest BCUT2D eigenvalue weighted by molar-refractivity contribution is 5.18. The first-order chi connectivity index (χ1) is 3.84. The molecular formula is C5H6FNO. The minimum atomic E-state index is -0.354. The molecule has 44 valence electrons. The van der Waals surface area contributed by atoms with Gasteiger partial charge in [-0.1, -0.05) is 0 Å². The van der Waals surface area contributed by atoms with Gasteiger partial charge in [0, 0.05) is 12.4 Å². The minimum Gasteiger partial charge on any atom is -0.492 e. The molecule has 0 saturated carbocycles. The van der Waals surface area contributed by atoms with Crippen molar-refractivity contribution in [3.05, 3.63) is 18.2 Å². The monoisotopic (exact) mass is 115 g/mol. The molecule has 1 aromatic heterocycles. The zero-order chi connectivity index (χ0) is 5.98. The molecule has 0 fully saturated rings. The maximum absolute atomic E-state index is 12.2. The molecule has 1 aromatic rings. The standard InChI is InChI=1S/C5H6FNO/c1-8-5-3-7-2-4(5)6/h2-3,7H,1H3. The molecule has 0 aliphatic rings. The Hall–Kier alpha value is -0.990. The van der Waals surface area contributed by atoms with Gasteiger partial charge in [-0.2, -0.15) is 0 Å². The van der Waals surface area contributed by atoms with Gasteiger partial charge >= 0.3 is 0 Å². The Morgan fingerprint density at radius 3 is 2.62 bits per heavy atom. The molecule has 0 radical (unpaired) electrons. The largest absolute Gasteiger partial charge is 0.492 e. The predicted octanol–water partition coefficient (Wildman–Crippen LogP) is 1.16. The summed E-state index contributed by atoms with van der Waals surface area (Å²) in [5.74, 6) is -0.0995. The van der Waals surface area contributed by atoms with Crippen molar-refractivity contribution in [1.82, 2.24) is 4.98 Å². The highest BCUT2D eigenvalue weighted by Crippen LogP contribution is 2.12. The van der Waals surface area contributed by atoms with Crippen LogP contribution in [-0.4, -0.2) is 12.1 Å². The number of H-pyrrole nitrogens is 1. The van der Waals surface area contributed by atoms with Crippen LogP contribution in [-0.2, 0) is 0 Å². The van der Waals surface area contributed by atoms with E-state index < -0.39 is 0 Å².